The highest BCUT2D eigenvalue weighted by atomic mass is 16.2. The van der Waals surface area contributed by atoms with Gasteiger partial charge in [0.2, 0.25) is 0 Å². The molecule has 1 aliphatic heterocycles. The fraction of sp³-hybridized carbons (Fsp3) is 0.588. The molecule has 1 fully saturated rings. The summed E-state index contributed by atoms with van der Waals surface area (Å²) >= 11 is 0. The number of nitrogens with one attached hydrogen (secondary N) is 1. The zero-order valence-corrected chi connectivity index (χ0v) is 13.1. The van der Waals surface area contributed by atoms with Gasteiger partial charge < -0.3 is 16.0 Å². The number of benzene rings is 1. The summed E-state index contributed by atoms with van der Waals surface area (Å²) in [6.45, 7) is 6.79. The molecule has 1 aliphatic rings. The van der Waals surface area contributed by atoms with Crippen molar-refractivity contribution in [2.75, 3.05) is 18.4 Å². The van der Waals surface area contributed by atoms with Crippen molar-refractivity contribution in [3.8, 4) is 0 Å². The van der Waals surface area contributed by atoms with Gasteiger partial charge in [0.15, 0.2) is 0 Å². The minimum atomic E-state index is 0.0138. The van der Waals surface area contributed by atoms with Crippen molar-refractivity contribution < 1.29 is 4.79 Å². The van der Waals surface area contributed by atoms with Gasteiger partial charge in [-0.1, -0.05) is 26.0 Å². The highest BCUT2D eigenvalue weighted by Crippen LogP contribution is 2.24. The summed E-state index contributed by atoms with van der Waals surface area (Å²) in [5.74, 6) is 1.45. The Morgan fingerprint density at radius 1 is 1.29 bits per heavy atom. The van der Waals surface area contributed by atoms with Crippen LogP contribution in [0.1, 0.15) is 38.7 Å². The lowest BCUT2D eigenvalue weighted by Crippen LogP contribution is -2.35. The molecule has 0 aliphatic carbocycles. The molecule has 0 spiro atoms. The Balaban J connectivity index is 1.90. The van der Waals surface area contributed by atoms with Crippen molar-refractivity contribution >= 4 is 11.7 Å². The minimum Gasteiger partial charge on any atom is -0.326 e. The van der Waals surface area contributed by atoms with Gasteiger partial charge in [0.25, 0.3) is 0 Å². The Labute approximate surface area is 127 Å². The monoisotopic (exact) mass is 289 g/mol. The minimum absolute atomic E-state index is 0.0138. The van der Waals surface area contributed by atoms with Gasteiger partial charge in [0.05, 0.1) is 0 Å². The summed E-state index contributed by atoms with van der Waals surface area (Å²) < 4.78 is 0. The Hall–Kier alpha value is -1.55. The lowest BCUT2D eigenvalue weighted by Gasteiger charge is -2.22. The number of nitrogens with zero attached hydrogens (tertiary/aromatic N) is 1. The van der Waals surface area contributed by atoms with Crippen LogP contribution in [-0.2, 0) is 6.54 Å². The van der Waals surface area contributed by atoms with Gasteiger partial charge in [-0.15, -0.1) is 0 Å². The van der Waals surface area contributed by atoms with Gasteiger partial charge in [0, 0.05) is 25.3 Å². The van der Waals surface area contributed by atoms with E-state index >= 15 is 0 Å². The van der Waals surface area contributed by atoms with Gasteiger partial charge in [-0.25, -0.2) is 4.79 Å². The van der Waals surface area contributed by atoms with E-state index in [0.29, 0.717) is 12.5 Å². The highest BCUT2D eigenvalue weighted by Gasteiger charge is 2.22. The second-order valence-electron chi connectivity index (χ2n) is 6.25. The quantitative estimate of drug-likeness (QED) is 0.895. The lowest BCUT2D eigenvalue weighted by molar-refractivity contribution is 0.212. The van der Waals surface area contributed by atoms with Crippen LogP contribution < -0.4 is 11.1 Å². The third-order valence-electron chi connectivity index (χ3n) is 4.44. The van der Waals surface area contributed by atoms with Crippen LogP contribution in [0.25, 0.3) is 0 Å². The Morgan fingerprint density at radius 2 is 2.00 bits per heavy atom. The molecule has 1 aromatic carbocycles. The first-order chi connectivity index (χ1) is 10.1. The summed E-state index contributed by atoms with van der Waals surface area (Å²) in [6.07, 6.45) is 3.44. The van der Waals surface area contributed by atoms with Crippen LogP contribution in [-0.4, -0.2) is 24.0 Å². The topological polar surface area (TPSA) is 58.4 Å². The van der Waals surface area contributed by atoms with Crippen LogP contribution in [0.15, 0.2) is 24.3 Å². The highest BCUT2D eigenvalue weighted by molar-refractivity contribution is 5.89. The average molecular weight is 289 g/mol. The van der Waals surface area contributed by atoms with Crippen LogP contribution in [0.3, 0.4) is 0 Å². The molecule has 0 radical (unpaired) electrons. The first-order valence-corrected chi connectivity index (χ1v) is 7.95. The van der Waals surface area contributed by atoms with Gasteiger partial charge in [-0.05, 0) is 48.8 Å². The zero-order valence-electron chi connectivity index (χ0n) is 13.1. The van der Waals surface area contributed by atoms with Crippen molar-refractivity contribution in [1.29, 1.82) is 0 Å². The molecule has 0 bridgehead atoms. The standard InChI is InChI=1S/C17H27N3O/c1-13(2)15-4-3-10-20(11-9-15)17(21)19-16-7-5-14(12-18)6-8-16/h5-8,13,15H,3-4,9-12,18H2,1-2H3,(H,19,21). The molecule has 3 N–H and O–H groups in total. The van der Waals surface area contributed by atoms with E-state index in [1.54, 1.807) is 0 Å². The molecule has 2 rings (SSSR count). The zero-order chi connectivity index (χ0) is 15.2. The van der Waals surface area contributed by atoms with E-state index in [4.69, 9.17) is 5.73 Å². The van der Waals surface area contributed by atoms with E-state index in [9.17, 15) is 4.79 Å². The van der Waals surface area contributed by atoms with Crippen LogP contribution in [0.5, 0.6) is 0 Å². The molecular formula is C17H27N3O. The molecule has 0 saturated carbocycles. The average Bonchev–Trinajstić information content (AvgIpc) is 2.74. The second-order valence-corrected chi connectivity index (χ2v) is 6.25. The van der Waals surface area contributed by atoms with Crippen LogP contribution in [0, 0.1) is 11.8 Å². The number of rotatable bonds is 3. The number of urea groups is 1. The summed E-state index contributed by atoms with van der Waals surface area (Å²) in [5.41, 5.74) is 7.48. The summed E-state index contributed by atoms with van der Waals surface area (Å²) in [5, 5.41) is 2.98. The van der Waals surface area contributed by atoms with Gasteiger partial charge in [-0.2, -0.15) is 0 Å². The molecule has 1 saturated heterocycles. The largest absolute Gasteiger partial charge is 0.326 e. The van der Waals surface area contributed by atoms with Crippen molar-refractivity contribution in [2.24, 2.45) is 17.6 Å². The summed E-state index contributed by atoms with van der Waals surface area (Å²) in [7, 11) is 0. The first kappa shape index (κ1) is 15.8. The summed E-state index contributed by atoms with van der Waals surface area (Å²) in [4.78, 5) is 14.3. The maximum atomic E-state index is 12.3. The van der Waals surface area contributed by atoms with E-state index in [2.05, 4.69) is 19.2 Å². The number of amides is 2. The first-order valence-electron chi connectivity index (χ1n) is 7.95. The SMILES string of the molecule is CC(C)C1CCCN(C(=O)Nc2ccc(CN)cc2)CC1. The van der Waals surface area contributed by atoms with Crippen molar-refractivity contribution in [3.63, 3.8) is 0 Å². The second kappa shape index (κ2) is 7.46. The molecule has 1 atom stereocenters. The summed E-state index contributed by atoms with van der Waals surface area (Å²) in [6, 6.07) is 7.74. The number of carbonyl (C=O) groups is 1. The molecular weight excluding hydrogens is 262 g/mol. The van der Waals surface area contributed by atoms with Gasteiger partial charge in [0.1, 0.15) is 0 Å². The Kier molecular flexibility index (Phi) is 5.62. The molecule has 116 valence electrons. The van der Waals surface area contributed by atoms with E-state index < -0.39 is 0 Å². The fourth-order valence-electron chi connectivity index (χ4n) is 2.92. The van der Waals surface area contributed by atoms with E-state index in [-0.39, 0.29) is 6.03 Å². The normalized spacial score (nSPS) is 19.4. The van der Waals surface area contributed by atoms with Crippen LogP contribution in [0.2, 0.25) is 0 Å². The smallest absolute Gasteiger partial charge is 0.321 e. The van der Waals surface area contributed by atoms with Crippen molar-refractivity contribution in [1.82, 2.24) is 4.90 Å². The van der Waals surface area contributed by atoms with E-state index in [0.717, 1.165) is 43.1 Å². The van der Waals surface area contributed by atoms with Gasteiger partial charge in [-0.3, -0.25) is 0 Å². The number of carbonyl (C=O) groups excluding carboxylic acids is 1. The number of hydrogen-bond donors (Lipinski definition) is 2. The third kappa shape index (κ3) is 4.46. The Bertz CT molecular complexity index is 456. The molecule has 21 heavy (non-hydrogen) atoms. The fourth-order valence-corrected chi connectivity index (χ4v) is 2.92. The lowest BCUT2D eigenvalue weighted by atomic mass is 9.89. The third-order valence-corrected chi connectivity index (χ3v) is 4.44. The number of anilines is 1. The molecule has 2 amide bonds. The predicted octanol–water partition coefficient (Wildman–Crippen LogP) is 3.44. The van der Waals surface area contributed by atoms with Crippen molar-refractivity contribution in [2.45, 2.75) is 39.7 Å². The number of likely N-dealkylation sites (tertiary alicyclic amines) is 1. The predicted molar refractivity (Wildman–Crippen MR) is 87.1 cm³/mol. The molecule has 0 aromatic heterocycles. The van der Waals surface area contributed by atoms with E-state index in [1.807, 2.05) is 29.2 Å². The van der Waals surface area contributed by atoms with Crippen molar-refractivity contribution in [3.05, 3.63) is 29.8 Å². The molecule has 4 nitrogen and oxygen atoms in total. The van der Waals surface area contributed by atoms with E-state index in [1.165, 1.54) is 6.42 Å². The molecule has 1 unspecified atom stereocenters. The van der Waals surface area contributed by atoms with Gasteiger partial charge >= 0.3 is 6.03 Å². The van der Waals surface area contributed by atoms with Crippen LogP contribution in [0.4, 0.5) is 10.5 Å². The number of nitrogens with two attached hydrogens (primary N) is 1. The van der Waals surface area contributed by atoms with Crippen LogP contribution >= 0.6 is 0 Å². The molecule has 1 aromatic rings. The molecule has 1 heterocycles. The maximum Gasteiger partial charge on any atom is 0.321 e. The number of hydrogen-bond acceptors (Lipinski definition) is 2. The Morgan fingerprint density at radius 3 is 2.62 bits per heavy atom. The maximum absolute atomic E-state index is 12.3. The molecule has 4 heteroatoms.